The van der Waals surface area contributed by atoms with Crippen LogP contribution in [0.15, 0.2) is 85.1 Å². The second kappa shape index (κ2) is 60.3. The molecule has 1 amide bonds. The normalized spacial score (nSPS) is 14.1. The van der Waals surface area contributed by atoms with E-state index in [-0.39, 0.29) is 37.9 Å². The van der Waals surface area contributed by atoms with Crippen LogP contribution in [-0.4, -0.2) is 74.3 Å². The number of hydrogen-bond donors (Lipinski definition) is 2. The number of likely N-dealkylation sites (N-methyl/N-ethyl adjacent to an activating group) is 1. The van der Waals surface area contributed by atoms with Gasteiger partial charge in [-0.05, 0) is 83.1 Å². The number of hydrogen-bond acceptors (Lipinski definition) is 6. The minimum atomic E-state index is -4.47. The largest absolute Gasteiger partial charge is 0.472 e. The Kier molecular flexibility index (Phi) is 58.2. The lowest BCUT2D eigenvalue weighted by Gasteiger charge is -2.27. The van der Waals surface area contributed by atoms with Crippen LogP contribution in [0, 0.1) is 0 Å². The molecule has 470 valence electrons. The Bertz CT molecular complexity index is 1660. The number of allylic oxidation sites excluding steroid dienone is 13. The maximum atomic E-state index is 13.6. The summed E-state index contributed by atoms with van der Waals surface area (Å²) in [5.74, 6) is -0.548. The number of nitrogens with zero attached hydrogens (tertiary/aromatic N) is 1. The maximum absolute atomic E-state index is 13.6. The first-order valence-electron chi connectivity index (χ1n) is 33.9. The van der Waals surface area contributed by atoms with E-state index in [1.54, 1.807) is 0 Å². The number of phosphoric acid groups is 1. The highest BCUT2D eigenvalue weighted by atomic mass is 31.2. The first kappa shape index (κ1) is 78.2. The summed E-state index contributed by atoms with van der Waals surface area (Å²) in [5.41, 5.74) is 0. The van der Waals surface area contributed by atoms with Gasteiger partial charge in [-0.15, -0.1) is 0 Å². The summed E-state index contributed by atoms with van der Waals surface area (Å²) in [6.07, 6.45) is 80.2. The second-order valence-electron chi connectivity index (χ2n) is 24.0. The van der Waals surface area contributed by atoms with Crippen molar-refractivity contribution in [3.8, 4) is 0 Å². The Hall–Kier alpha value is -2.81. The molecule has 0 bridgehead atoms. The highest BCUT2D eigenvalue weighted by Crippen LogP contribution is 2.43. The van der Waals surface area contributed by atoms with Crippen molar-refractivity contribution in [2.45, 2.75) is 315 Å². The minimum Gasteiger partial charge on any atom is -0.456 e. The quantitative estimate of drug-likeness (QED) is 0.0205. The smallest absolute Gasteiger partial charge is 0.456 e. The van der Waals surface area contributed by atoms with E-state index < -0.39 is 20.0 Å². The molecule has 0 saturated carbocycles. The van der Waals surface area contributed by atoms with Crippen LogP contribution < -0.4 is 5.32 Å². The third kappa shape index (κ3) is 61.6. The molecular formula is C71H130N2O7P+. The molecule has 0 aliphatic heterocycles. The molecule has 3 unspecified atom stereocenters. The van der Waals surface area contributed by atoms with Crippen molar-refractivity contribution in [1.29, 1.82) is 0 Å². The highest BCUT2D eigenvalue weighted by Gasteiger charge is 2.30. The van der Waals surface area contributed by atoms with Crippen molar-refractivity contribution >= 4 is 19.7 Å². The molecule has 81 heavy (non-hydrogen) atoms. The molecule has 0 aromatic heterocycles. The predicted octanol–water partition coefficient (Wildman–Crippen LogP) is 21.3. The van der Waals surface area contributed by atoms with Crippen LogP contribution in [0.4, 0.5) is 0 Å². The zero-order valence-corrected chi connectivity index (χ0v) is 54.7. The molecule has 0 rings (SSSR count). The van der Waals surface area contributed by atoms with Gasteiger partial charge in [0.05, 0.1) is 33.8 Å². The topological polar surface area (TPSA) is 111 Å². The lowest BCUT2D eigenvalue weighted by Crippen LogP contribution is -2.47. The number of esters is 1. The molecule has 10 heteroatoms. The van der Waals surface area contributed by atoms with Crippen LogP contribution in [0.3, 0.4) is 0 Å². The van der Waals surface area contributed by atoms with Gasteiger partial charge in [0.1, 0.15) is 19.3 Å². The Labute approximate surface area is 501 Å². The molecule has 0 radical (unpaired) electrons. The van der Waals surface area contributed by atoms with Crippen LogP contribution in [0.2, 0.25) is 0 Å². The first-order valence-corrected chi connectivity index (χ1v) is 35.4. The SMILES string of the molecule is CC/C=C\C/C=C\C/C=C\C/C=C\C/C=C\C/C=C\CCCCC(=O)NC(COP(=O)(O)OCC[N+](C)(C)C)C(/C=C/CCCCCCCCCCCCC)OC(=O)CCCCCCCCCCCCCCCCCCCCCCC. The van der Waals surface area contributed by atoms with E-state index in [0.29, 0.717) is 17.4 Å². The van der Waals surface area contributed by atoms with Gasteiger partial charge >= 0.3 is 13.8 Å². The number of carbonyl (C=O) groups is 2. The van der Waals surface area contributed by atoms with E-state index in [1.165, 1.54) is 173 Å². The number of carbonyl (C=O) groups excluding carboxylic acids is 2. The molecule has 0 aliphatic rings. The van der Waals surface area contributed by atoms with Gasteiger partial charge in [-0.3, -0.25) is 18.6 Å². The summed E-state index contributed by atoms with van der Waals surface area (Å²) in [6.45, 7) is 6.89. The fourth-order valence-electron chi connectivity index (χ4n) is 9.65. The fourth-order valence-corrected chi connectivity index (χ4v) is 10.4. The number of nitrogens with one attached hydrogen (secondary N) is 1. The van der Waals surface area contributed by atoms with Crippen molar-refractivity contribution in [2.75, 3.05) is 40.9 Å². The maximum Gasteiger partial charge on any atom is 0.472 e. The van der Waals surface area contributed by atoms with Gasteiger partial charge in [0.25, 0.3) is 0 Å². The predicted molar refractivity (Wildman–Crippen MR) is 351 cm³/mol. The van der Waals surface area contributed by atoms with Gasteiger partial charge in [0, 0.05) is 12.8 Å². The Morgan fingerprint density at radius 2 is 0.790 bits per heavy atom. The van der Waals surface area contributed by atoms with Crippen LogP contribution in [0.5, 0.6) is 0 Å². The molecular weight excluding hydrogens is 1020 g/mol. The average Bonchev–Trinajstić information content (AvgIpc) is 3.44. The second-order valence-corrected chi connectivity index (χ2v) is 25.4. The van der Waals surface area contributed by atoms with Crippen LogP contribution in [0.25, 0.3) is 0 Å². The third-order valence-corrected chi connectivity index (χ3v) is 15.8. The van der Waals surface area contributed by atoms with Crippen molar-refractivity contribution in [1.82, 2.24) is 5.32 Å². The number of phosphoric ester groups is 1. The highest BCUT2D eigenvalue weighted by molar-refractivity contribution is 7.47. The summed E-state index contributed by atoms with van der Waals surface area (Å²) >= 11 is 0. The van der Waals surface area contributed by atoms with Crippen LogP contribution >= 0.6 is 7.82 Å². The van der Waals surface area contributed by atoms with Crippen molar-refractivity contribution < 1.29 is 37.3 Å². The lowest BCUT2D eigenvalue weighted by atomic mass is 10.0. The van der Waals surface area contributed by atoms with Crippen molar-refractivity contribution in [3.05, 3.63) is 85.1 Å². The Morgan fingerprint density at radius 3 is 1.20 bits per heavy atom. The van der Waals surface area contributed by atoms with Crippen molar-refractivity contribution in [3.63, 3.8) is 0 Å². The van der Waals surface area contributed by atoms with Gasteiger partial charge in [-0.25, -0.2) is 4.57 Å². The van der Waals surface area contributed by atoms with Gasteiger partial charge < -0.3 is 19.4 Å². The van der Waals surface area contributed by atoms with Gasteiger partial charge in [-0.2, -0.15) is 0 Å². The molecule has 0 fully saturated rings. The van der Waals surface area contributed by atoms with E-state index in [1.807, 2.05) is 33.3 Å². The summed E-state index contributed by atoms with van der Waals surface area (Å²) < 4.78 is 30.8. The summed E-state index contributed by atoms with van der Waals surface area (Å²) in [4.78, 5) is 37.8. The number of quaternary nitrogens is 1. The van der Waals surface area contributed by atoms with Crippen LogP contribution in [0.1, 0.15) is 303 Å². The van der Waals surface area contributed by atoms with Crippen molar-refractivity contribution in [2.24, 2.45) is 0 Å². The molecule has 0 saturated heterocycles. The van der Waals surface area contributed by atoms with E-state index in [9.17, 15) is 19.0 Å². The zero-order chi connectivity index (χ0) is 59.3. The molecule has 0 spiro atoms. The standard InChI is InChI=1S/C71H129N2O7P/c1-7-10-13-16-19-22-25-28-30-32-34-36-38-40-42-45-48-51-54-57-60-63-70(74)72-68(67-79-81(76,77)78-66-65-73(4,5)6)69(62-59-56-53-50-47-44-27-24-21-18-15-12-9-3)80-71(75)64-61-58-55-52-49-46-43-41-39-37-35-33-31-29-26-23-20-17-14-11-8-2/h10,13,19,22,28,30,34,36,40,42,48,51,59,62,68-69H,7-9,11-12,14-18,20-21,23-27,29,31-33,35,37-39,41,43-47,49-50,52-58,60-61,63-67H2,1-6H3,(H-,72,74,76,77)/p+1/b13-10-,22-19-,30-28-,36-34-,42-40-,51-48-,62-59+. The van der Waals surface area contributed by atoms with E-state index in [0.717, 1.165) is 89.9 Å². The summed E-state index contributed by atoms with van der Waals surface area (Å²) in [7, 11) is 1.47. The zero-order valence-electron chi connectivity index (χ0n) is 53.8. The Morgan fingerprint density at radius 1 is 0.444 bits per heavy atom. The molecule has 0 heterocycles. The Balaban J connectivity index is 5.25. The summed E-state index contributed by atoms with van der Waals surface area (Å²) in [6, 6.07) is -0.874. The van der Waals surface area contributed by atoms with Gasteiger partial charge in [0.15, 0.2) is 0 Å². The van der Waals surface area contributed by atoms with E-state index >= 15 is 0 Å². The summed E-state index contributed by atoms with van der Waals surface area (Å²) in [5, 5.41) is 3.04. The fraction of sp³-hybridized carbons (Fsp3) is 0.775. The molecule has 0 aliphatic carbocycles. The number of ether oxygens (including phenoxy) is 1. The monoisotopic (exact) mass is 1150 g/mol. The number of unbranched alkanes of at least 4 members (excludes halogenated alkanes) is 33. The van der Waals surface area contributed by atoms with Crippen LogP contribution in [-0.2, 0) is 27.9 Å². The third-order valence-electron chi connectivity index (χ3n) is 14.8. The number of rotatable bonds is 61. The first-order chi connectivity index (χ1) is 39.4. The average molecular weight is 1150 g/mol. The number of amides is 1. The minimum absolute atomic E-state index is 0.0296. The molecule has 0 aromatic rings. The lowest BCUT2D eigenvalue weighted by molar-refractivity contribution is -0.870. The van der Waals surface area contributed by atoms with Gasteiger partial charge in [-0.1, -0.05) is 292 Å². The molecule has 9 nitrogen and oxygen atoms in total. The molecule has 0 aromatic carbocycles. The van der Waals surface area contributed by atoms with E-state index in [4.69, 9.17) is 13.8 Å². The van der Waals surface area contributed by atoms with Gasteiger partial charge in [0.2, 0.25) is 5.91 Å². The van der Waals surface area contributed by atoms with E-state index in [2.05, 4.69) is 99.0 Å². The molecule has 3 atom stereocenters. The molecule has 2 N–H and O–H groups in total.